The molecule has 0 fully saturated rings. The minimum atomic E-state index is 0.144. The van der Waals surface area contributed by atoms with Crippen LogP contribution in [0.5, 0.6) is 0 Å². The van der Waals surface area contributed by atoms with Crippen LogP contribution in [0.15, 0.2) is 12.1 Å². The molecule has 1 aromatic heterocycles. The van der Waals surface area contributed by atoms with Crippen molar-refractivity contribution in [2.45, 2.75) is 32.4 Å². The number of hydrogen-bond acceptors (Lipinski definition) is 2. The van der Waals surface area contributed by atoms with Gasteiger partial charge in [-0.15, -0.1) is 17.8 Å². The van der Waals surface area contributed by atoms with Gasteiger partial charge in [0, 0.05) is 10.9 Å². The van der Waals surface area contributed by atoms with Crippen LogP contribution in [0.1, 0.15) is 31.2 Å². The van der Waals surface area contributed by atoms with E-state index in [0.29, 0.717) is 0 Å². The lowest BCUT2D eigenvalue weighted by molar-refractivity contribution is 0.518. The Bertz CT molecular complexity index is 326. The Hall–Kier alpha value is -0.490. The molecule has 76 valence electrons. The van der Waals surface area contributed by atoms with Crippen LogP contribution in [0.4, 0.5) is 0 Å². The largest absolute Gasteiger partial charge is 0.296 e. The topological polar surface area (TPSA) is 12.0 Å². The summed E-state index contributed by atoms with van der Waals surface area (Å²) < 4.78 is 0.822. The summed E-state index contributed by atoms with van der Waals surface area (Å²) >= 11 is 7.45. The molecule has 1 rings (SSSR count). The van der Waals surface area contributed by atoms with Gasteiger partial charge in [-0.3, -0.25) is 5.32 Å². The predicted molar refractivity (Wildman–Crippen MR) is 63.8 cm³/mol. The van der Waals surface area contributed by atoms with Gasteiger partial charge in [-0.25, -0.2) is 0 Å². The SMILES string of the molecule is C#CC(CC)NC(C)c1ccc(Cl)s1. The van der Waals surface area contributed by atoms with Crippen molar-refractivity contribution in [1.82, 2.24) is 5.32 Å². The van der Waals surface area contributed by atoms with Gasteiger partial charge in [0.15, 0.2) is 0 Å². The molecule has 0 saturated carbocycles. The first-order valence-electron chi connectivity index (χ1n) is 4.64. The van der Waals surface area contributed by atoms with Gasteiger partial charge >= 0.3 is 0 Å². The molecule has 2 unspecified atom stereocenters. The fourth-order valence-electron chi connectivity index (χ4n) is 1.23. The van der Waals surface area contributed by atoms with Crippen molar-refractivity contribution in [1.29, 1.82) is 0 Å². The molecule has 0 bridgehead atoms. The highest BCUT2D eigenvalue weighted by molar-refractivity contribution is 7.16. The molecular formula is C11H14ClNS. The Labute approximate surface area is 94.5 Å². The lowest BCUT2D eigenvalue weighted by Gasteiger charge is -2.16. The van der Waals surface area contributed by atoms with Crippen LogP contribution in [0.25, 0.3) is 0 Å². The van der Waals surface area contributed by atoms with Gasteiger partial charge in [0.2, 0.25) is 0 Å². The lowest BCUT2D eigenvalue weighted by atomic mass is 10.2. The van der Waals surface area contributed by atoms with Crippen molar-refractivity contribution < 1.29 is 0 Å². The Kier molecular flexibility index (Phi) is 4.47. The van der Waals surface area contributed by atoms with Crippen LogP contribution in [-0.2, 0) is 0 Å². The molecule has 1 N–H and O–H groups in total. The van der Waals surface area contributed by atoms with Gasteiger partial charge < -0.3 is 0 Å². The molecule has 0 aliphatic heterocycles. The summed E-state index contributed by atoms with van der Waals surface area (Å²) in [7, 11) is 0. The van der Waals surface area contributed by atoms with E-state index in [2.05, 4.69) is 25.1 Å². The van der Waals surface area contributed by atoms with E-state index in [1.807, 2.05) is 12.1 Å². The number of nitrogens with one attached hydrogen (secondary N) is 1. The normalized spacial score (nSPS) is 14.7. The predicted octanol–water partition coefficient (Wildman–Crippen LogP) is 3.46. The number of thiophene rings is 1. The van der Waals surface area contributed by atoms with Gasteiger partial charge in [0.05, 0.1) is 10.4 Å². The van der Waals surface area contributed by atoms with Crippen LogP contribution >= 0.6 is 22.9 Å². The van der Waals surface area contributed by atoms with E-state index in [1.54, 1.807) is 11.3 Å². The van der Waals surface area contributed by atoms with Crippen molar-refractivity contribution in [3.05, 3.63) is 21.3 Å². The maximum Gasteiger partial charge on any atom is 0.0931 e. The monoisotopic (exact) mass is 227 g/mol. The Morgan fingerprint density at radius 1 is 1.64 bits per heavy atom. The number of rotatable bonds is 4. The van der Waals surface area contributed by atoms with E-state index < -0.39 is 0 Å². The third-order valence-electron chi connectivity index (χ3n) is 2.08. The van der Waals surface area contributed by atoms with Crippen LogP contribution in [0.3, 0.4) is 0 Å². The Balaban J connectivity index is 2.58. The smallest absolute Gasteiger partial charge is 0.0931 e. The quantitative estimate of drug-likeness (QED) is 0.777. The van der Waals surface area contributed by atoms with Crippen molar-refractivity contribution >= 4 is 22.9 Å². The second kappa shape index (κ2) is 5.41. The fourth-order valence-corrected chi connectivity index (χ4v) is 2.30. The van der Waals surface area contributed by atoms with E-state index in [1.165, 1.54) is 4.88 Å². The van der Waals surface area contributed by atoms with Gasteiger partial charge in [0.1, 0.15) is 0 Å². The third kappa shape index (κ3) is 3.02. The first kappa shape index (κ1) is 11.6. The van der Waals surface area contributed by atoms with Crippen molar-refractivity contribution in [3.63, 3.8) is 0 Å². The third-order valence-corrected chi connectivity index (χ3v) is 3.50. The van der Waals surface area contributed by atoms with Crippen molar-refractivity contribution in [2.75, 3.05) is 0 Å². The maximum absolute atomic E-state index is 5.86. The minimum absolute atomic E-state index is 0.144. The minimum Gasteiger partial charge on any atom is -0.296 e. The molecule has 14 heavy (non-hydrogen) atoms. The molecule has 1 heterocycles. The van der Waals surface area contributed by atoms with Crippen LogP contribution < -0.4 is 5.32 Å². The number of hydrogen-bond donors (Lipinski definition) is 1. The van der Waals surface area contributed by atoms with E-state index in [4.69, 9.17) is 18.0 Å². The second-order valence-corrected chi connectivity index (χ2v) is 4.90. The molecule has 3 heteroatoms. The zero-order valence-electron chi connectivity index (χ0n) is 8.38. The lowest BCUT2D eigenvalue weighted by Crippen LogP contribution is -2.29. The first-order valence-corrected chi connectivity index (χ1v) is 5.84. The van der Waals surface area contributed by atoms with E-state index in [9.17, 15) is 0 Å². The molecule has 0 aromatic carbocycles. The summed E-state index contributed by atoms with van der Waals surface area (Å²) in [5.41, 5.74) is 0. The highest BCUT2D eigenvalue weighted by Crippen LogP contribution is 2.26. The summed E-state index contributed by atoms with van der Waals surface area (Å²) in [4.78, 5) is 1.23. The first-order chi connectivity index (χ1) is 6.67. The molecule has 1 aromatic rings. The van der Waals surface area contributed by atoms with Crippen molar-refractivity contribution in [3.8, 4) is 12.3 Å². The zero-order valence-corrected chi connectivity index (χ0v) is 9.95. The van der Waals surface area contributed by atoms with E-state index >= 15 is 0 Å². The Morgan fingerprint density at radius 2 is 2.36 bits per heavy atom. The summed E-state index contributed by atoms with van der Waals surface area (Å²) in [5.74, 6) is 2.72. The molecule has 0 radical (unpaired) electrons. The van der Waals surface area contributed by atoms with Crippen molar-refractivity contribution in [2.24, 2.45) is 0 Å². The second-order valence-electron chi connectivity index (χ2n) is 3.16. The van der Waals surface area contributed by atoms with E-state index in [0.717, 1.165) is 10.8 Å². The van der Waals surface area contributed by atoms with Gasteiger partial charge in [0.25, 0.3) is 0 Å². The number of terminal acetylenes is 1. The Morgan fingerprint density at radius 3 is 2.79 bits per heavy atom. The van der Waals surface area contributed by atoms with Gasteiger partial charge in [-0.2, -0.15) is 0 Å². The standard InChI is InChI=1S/C11H14ClNS/c1-4-9(5-2)13-8(3)10-6-7-11(12)14-10/h1,6-9,13H,5H2,2-3H3. The maximum atomic E-state index is 5.86. The van der Waals surface area contributed by atoms with E-state index in [-0.39, 0.29) is 12.1 Å². The molecule has 0 amide bonds. The summed E-state index contributed by atoms with van der Waals surface area (Å²) in [6, 6.07) is 4.36. The average Bonchev–Trinajstić information content (AvgIpc) is 2.61. The molecular weight excluding hydrogens is 214 g/mol. The number of halogens is 1. The molecule has 2 atom stereocenters. The molecule has 1 nitrogen and oxygen atoms in total. The molecule has 0 spiro atoms. The zero-order chi connectivity index (χ0) is 10.6. The summed E-state index contributed by atoms with van der Waals surface area (Å²) in [6.07, 6.45) is 6.32. The van der Waals surface area contributed by atoms with Gasteiger partial charge in [-0.05, 0) is 25.5 Å². The van der Waals surface area contributed by atoms with Gasteiger partial charge in [-0.1, -0.05) is 24.4 Å². The molecule has 0 aliphatic carbocycles. The average molecular weight is 228 g/mol. The summed E-state index contributed by atoms with van der Waals surface area (Å²) in [6.45, 7) is 4.17. The van der Waals surface area contributed by atoms with Crippen LogP contribution in [0.2, 0.25) is 4.34 Å². The highest BCUT2D eigenvalue weighted by Gasteiger charge is 2.11. The van der Waals surface area contributed by atoms with Crippen LogP contribution in [0, 0.1) is 12.3 Å². The molecule has 0 aliphatic rings. The van der Waals surface area contributed by atoms with Crippen LogP contribution in [-0.4, -0.2) is 6.04 Å². The summed E-state index contributed by atoms with van der Waals surface area (Å²) in [5, 5.41) is 3.36. The fraction of sp³-hybridized carbons (Fsp3) is 0.455. The highest BCUT2D eigenvalue weighted by atomic mass is 35.5. The molecule has 0 saturated heterocycles.